The van der Waals surface area contributed by atoms with E-state index in [4.69, 9.17) is 19.7 Å². The molecule has 246 valence electrons. The van der Waals surface area contributed by atoms with Crippen molar-refractivity contribution in [3.8, 4) is 33.9 Å². The number of aryl methyl sites for hydroxylation is 2. The maximum Gasteiger partial charge on any atom is 0.424 e. The summed E-state index contributed by atoms with van der Waals surface area (Å²) in [5.41, 5.74) is 1.18. The summed E-state index contributed by atoms with van der Waals surface area (Å²) in [4.78, 5) is 29.9. The highest BCUT2D eigenvalue weighted by Crippen LogP contribution is 2.48. The number of aromatic nitrogens is 2. The number of aliphatic hydroxyl groups is 1. The summed E-state index contributed by atoms with van der Waals surface area (Å²) in [6.45, 7) is 3.22. The summed E-state index contributed by atoms with van der Waals surface area (Å²) >= 11 is 0. The molecule has 4 aromatic rings. The van der Waals surface area contributed by atoms with Gasteiger partial charge in [-0.15, -0.1) is 0 Å². The highest BCUT2D eigenvalue weighted by atomic mass is 19.4. The molecule has 0 saturated heterocycles. The fourth-order valence-electron chi connectivity index (χ4n) is 5.45. The number of nitrogens with one attached hydrogen (secondary N) is 1. The monoisotopic (exact) mass is 654 g/mol. The molecule has 6 rings (SSSR count). The van der Waals surface area contributed by atoms with Crippen LogP contribution in [0.5, 0.6) is 11.5 Å². The molecule has 0 bridgehead atoms. The first-order valence-corrected chi connectivity index (χ1v) is 14.7. The van der Waals surface area contributed by atoms with Crippen LogP contribution in [-0.2, 0) is 15.8 Å². The number of pyridine rings is 1. The standard InChI is InChI=1S/C33H30F4N4O6/c1-16-26(17(2)47-41-16)22-11-6-19(12-24(22)46-21-9-10-21)29(42)39-14-32(44,33(35,36)37)25-13-23-28(45-15-31(23,3)30(38)43)27(40-25)18-4-7-20(34)8-5-18/h4-8,11-13,21,44H,9-10,14-15H2,1-3H3,(H2,38,43)(H,39,42)/t31-,32-/m0/s1. The zero-order chi connectivity index (χ0) is 33.9. The molecule has 0 radical (unpaired) electrons. The Morgan fingerprint density at radius 1 is 1.13 bits per heavy atom. The Hall–Kier alpha value is -4.98. The van der Waals surface area contributed by atoms with Gasteiger partial charge in [0.1, 0.15) is 40.8 Å². The predicted molar refractivity (Wildman–Crippen MR) is 159 cm³/mol. The molecule has 1 aliphatic carbocycles. The van der Waals surface area contributed by atoms with E-state index in [1.807, 2.05) is 0 Å². The van der Waals surface area contributed by atoms with Crippen LogP contribution in [0.1, 0.15) is 52.8 Å². The third kappa shape index (κ3) is 5.66. The van der Waals surface area contributed by atoms with Gasteiger partial charge in [-0.3, -0.25) is 9.59 Å². The number of hydrogen-bond donors (Lipinski definition) is 3. The van der Waals surface area contributed by atoms with Gasteiger partial charge in [-0.25, -0.2) is 9.37 Å². The van der Waals surface area contributed by atoms with E-state index < -0.39 is 47.1 Å². The highest BCUT2D eigenvalue weighted by Gasteiger charge is 2.57. The van der Waals surface area contributed by atoms with Gasteiger partial charge in [0.25, 0.3) is 5.91 Å². The van der Waals surface area contributed by atoms with Crippen LogP contribution in [0.3, 0.4) is 0 Å². The van der Waals surface area contributed by atoms with Crippen LogP contribution in [0.4, 0.5) is 17.6 Å². The molecule has 2 amide bonds. The maximum atomic E-state index is 14.8. The molecular formula is C33H30F4N4O6. The predicted octanol–water partition coefficient (Wildman–Crippen LogP) is 5.02. The zero-order valence-electron chi connectivity index (χ0n) is 25.5. The Morgan fingerprint density at radius 2 is 1.83 bits per heavy atom. The number of carbonyl (C=O) groups excluding carboxylic acids is 2. The first-order valence-electron chi connectivity index (χ1n) is 14.7. The number of primary amides is 1. The molecule has 1 aliphatic heterocycles. The third-order valence-corrected chi connectivity index (χ3v) is 8.50. The van der Waals surface area contributed by atoms with Gasteiger partial charge in [0.2, 0.25) is 11.5 Å². The second-order valence-corrected chi connectivity index (χ2v) is 12.0. The van der Waals surface area contributed by atoms with Gasteiger partial charge in [0.05, 0.1) is 29.6 Å². The maximum absolute atomic E-state index is 14.8. The Balaban J connectivity index is 1.37. The number of amides is 2. The number of nitrogens with two attached hydrogens (primary N) is 1. The molecule has 10 nitrogen and oxygen atoms in total. The second kappa shape index (κ2) is 11.4. The van der Waals surface area contributed by atoms with Gasteiger partial charge < -0.3 is 30.2 Å². The van der Waals surface area contributed by atoms with Gasteiger partial charge in [-0.05, 0) is 82.1 Å². The number of carbonyl (C=O) groups is 2. The van der Waals surface area contributed by atoms with Gasteiger partial charge >= 0.3 is 6.18 Å². The quantitative estimate of drug-likeness (QED) is 0.213. The highest BCUT2D eigenvalue weighted by molar-refractivity contribution is 5.96. The van der Waals surface area contributed by atoms with Crippen molar-refractivity contribution in [1.29, 1.82) is 0 Å². The van der Waals surface area contributed by atoms with E-state index in [1.165, 1.54) is 31.2 Å². The first-order chi connectivity index (χ1) is 22.1. The normalized spacial score (nSPS) is 18.6. The van der Waals surface area contributed by atoms with Crippen molar-refractivity contribution >= 4 is 11.8 Å². The number of alkyl halides is 3. The van der Waals surface area contributed by atoms with Crippen LogP contribution < -0.4 is 20.5 Å². The molecule has 1 fully saturated rings. The van der Waals surface area contributed by atoms with E-state index in [9.17, 15) is 32.3 Å². The van der Waals surface area contributed by atoms with E-state index in [0.29, 0.717) is 28.3 Å². The zero-order valence-corrected chi connectivity index (χ0v) is 25.5. The average molecular weight is 655 g/mol. The fraction of sp³-hybridized carbons (Fsp3) is 0.333. The lowest BCUT2D eigenvalue weighted by Crippen LogP contribution is -2.51. The molecule has 1 saturated carbocycles. The molecule has 2 aliphatic rings. The Bertz CT molecular complexity index is 1870. The Morgan fingerprint density at radius 3 is 2.43 bits per heavy atom. The molecule has 0 unspecified atom stereocenters. The van der Waals surface area contributed by atoms with Crippen molar-refractivity contribution in [2.75, 3.05) is 13.2 Å². The lowest BCUT2D eigenvalue weighted by atomic mass is 9.81. The van der Waals surface area contributed by atoms with E-state index in [2.05, 4.69) is 15.5 Å². The number of nitrogens with zero attached hydrogens (tertiary/aromatic N) is 2. The minimum absolute atomic E-state index is 0.0238. The largest absolute Gasteiger partial charge is 0.490 e. The summed E-state index contributed by atoms with van der Waals surface area (Å²) in [7, 11) is 0. The summed E-state index contributed by atoms with van der Waals surface area (Å²) in [6, 6.07) is 10.0. The lowest BCUT2D eigenvalue weighted by Gasteiger charge is -2.31. The smallest absolute Gasteiger partial charge is 0.424 e. The molecule has 0 spiro atoms. The summed E-state index contributed by atoms with van der Waals surface area (Å²) < 4.78 is 75.1. The molecule has 2 aromatic heterocycles. The fourth-order valence-corrected chi connectivity index (χ4v) is 5.45. The second-order valence-electron chi connectivity index (χ2n) is 12.0. The number of halogens is 4. The van der Waals surface area contributed by atoms with Crippen molar-refractivity contribution in [3.05, 3.63) is 82.6 Å². The van der Waals surface area contributed by atoms with Gasteiger partial charge in [-0.1, -0.05) is 5.16 Å². The molecule has 4 N–H and O–H groups in total. The van der Waals surface area contributed by atoms with E-state index in [-0.39, 0.29) is 40.8 Å². The van der Waals surface area contributed by atoms with Gasteiger partial charge in [0.15, 0.2) is 0 Å². The third-order valence-electron chi connectivity index (χ3n) is 8.50. The number of hydrogen-bond acceptors (Lipinski definition) is 8. The van der Waals surface area contributed by atoms with Crippen LogP contribution in [0.2, 0.25) is 0 Å². The summed E-state index contributed by atoms with van der Waals surface area (Å²) in [5, 5.41) is 17.5. The lowest BCUT2D eigenvalue weighted by molar-refractivity contribution is -0.265. The van der Waals surface area contributed by atoms with Crippen molar-refractivity contribution in [2.24, 2.45) is 5.73 Å². The van der Waals surface area contributed by atoms with Crippen molar-refractivity contribution in [2.45, 2.75) is 56.9 Å². The first kappa shape index (κ1) is 32.0. The van der Waals surface area contributed by atoms with Crippen LogP contribution in [-0.4, -0.2) is 52.5 Å². The molecule has 2 aromatic carbocycles. The molecule has 47 heavy (non-hydrogen) atoms. The number of rotatable bonds is 9. The van der Waals surface area contributed by atoms with E-state index >= 15 is 0 Å². The summed E-state index contributed by atoms with van der Waals surface area (Å²) in [6.07, 6.45) is -3.82. The van der Waals surface area contributed by atoms with Gasteiger partial charge in [0, 0.05) is 22.3 Å². The molecule has 2 atom stereocenters. The van der Waals surface area contributed by atoms with Crippen LogP contribution in [0, 0.1) is 19.7 Å². The average Bonchev–Trinajstić information content (AvgIpc) is 3.69. The Labute approximate surface area is 265 Å². The summed E-state index contributed by atoms with van der Waals surface area (Å²) in [5.74, 6) is -1.59. The number of benzene rings is 2. The Kier molecular flexibility index (Phi) is 7.74. The minimum atomic E-state index is -5.36. The van der Waals surface area contributed by atoms with Crippen molar-refractivity contribution in [1.82, 2.24) is 15.5 Å². The molecule has 14 heteroatoms. The number of fused-ring (bicyclic) bond motifs is 1. The minimum Gasteiger partial charge on any atom is -0.490 e. The topological polar surface area (TPSA) is 150 Å². The van der Waals surface area contributed by atoms with Crippen LogP contribution >= 0.6 is 0 Å². The van der Waals surface area contributed by atoms with Crippen molar-refractivity contribution < 1.29 is 46.3 Å². The van der Waals surface area contributed by atoms with Crippen LogP contribution in [0.25, 0.3) is 22.4 Å². The molecular weight excluding hydrogens is 624 g/mol. The van der Waals surface area contributed by atoms with E-state index in [0.717, 1.165) is 31.0 Å². The van der Waals surface area contributed by atoms with Gasteiger partial charge in [-0.2, -0.15) is 13.2 Å². The van der Waals surface area contributed by atoms with Crippen LogP contribution in [0.15, 0.2) is 53.1 Å². The number of ether oxygens (including phenoxy) is 2. The van der Waals surface area contributed by atoms with E-state index in [1.54, 1.807) is 19.9 Å². The van der Waals surface area contributed by atoms with Crippen molar-refractivity contribution in [3.63, 3.8) is 0 Å². The SMILES string of the molecule is Cc1noc(C)c1-c1ccc(C(=O)NC[C@](O)(c2cc3c(c(-c4ccc(F)cc4)n2)OC[C@]3(C)C(N)=O)C(F)(F)F)cc1OC1CC1. The molecule has 3 heterocycles.